The number of carbonyl (C=O) groups is 1. The van der Waals surface area contributed by atoms with Crippen LogP contribution in [0.5, 0.6) is 17.2 Å². The number of quaternary nitrogens is 1. The van der Waals surface area contributed by atoms with Crippen molar-refractivity contribution in [3.63, 3.8) is 0 Å². The predicted octanol–water partition coefficient (Wildman–Crippen LogP) is -1.11. The van der Waals surface area contributed by atoms with Crippen LogP contribution in [0.3, 0.4) is 0 Å². The highest BCUT2D eigenvalue weighted by atomic mass is 35.5. The summed E-state index contributed by atoms with van der Waals surface area (Å²) in [6.45, 7) is 4.49. The molecule has 1 saturated carbocycles. The van der Waals surface area contributed by atoms with Crippen molar-refractivity contribution >= 4 is 5.78 Å². The maximum atomic E-state index is 12.4. The summed E-state index contributed by atoms with van der Waals surface area (Å²) in [4.78, 5) is 13.6. The van der Waals surface area contributed by atoms with Gasteiger partial charge in [0.1, 0.15) is 42.3 Å². The number of ether oxygens (including phenoxy) is 3. The van der Waals surface area contributed by atoms with Gasteiger partial charge in [-0.15, -0.1) is 0 Å². The summed E-state index contributed by atoms with van der Waals surface area (Å²) in [5.74, 6) is 2.56. The van der Waals surface area contributed by atoms with E-state index in [-0.39, 0.29) is 24.9 Å². The predicted molar refractivity (Wildman–Crippen MR) is 108 cm³/mol. The molecule has 1 aromatic carbocycles. The summed E-state index contributed by atoms with van der Waals surface area (Å²) in [6, 6.07) is 5.31. The Hall–Kier alpha value is -1.50. The van der Waals surface area contributed by atoms with Crippen molar-refractivity contribution in [2.45, 2.75) is 51.6 Å². The van der Waals surface area contributed by atoms with E-state index in [2.05, 4.69) is 6.92 Å². The molecule has 2 N–H and O–H groups in total. The summed E-state index contributed by atoms with van der Waals surface area (Å²) in [5.41, 5.74) is 0. The third-order valence-corrected chi connectivity index (χ3v) is 5.58. The van der Waals surface area contributed by atoms with Crippen LogP contribution in [-0.4, -0.2) is 57.5 Å². The van der Waals surface area contributed by atoms with E-state index >= 15 is 0 Å². The molecule has 1 fully saturated rings. The maximum Gasteiger partial charge on any atom is 0.141 e. The first-order valence-corrected chi connectivity index (χ1v) is 10.5. The smallest absolute Gasteiger partial charge is 0.141 e. The van der Waals surface area contributed by atoms with Gasteiger partial charge in [0.25, 0.3) is 0 Å². The average Bonchev–Trinajstić information content (AvgIpc) is 2.75. The Labute approximate surface area is 180 Å². The SMILES string of the molecule is CC[NH+](CCC(=O)C1CCCCC1)CC(O)COc1cc(OC)cc(OC)c1.[Cl-]. The molecule has 0 saturated heterocycles. The van der Waals surface area contributed by atoms with Crippen LogP contribution >= 0.6 is 0 Å². The second kappa shape index (κ2) is 13.7. The van der Waals surface area contributed by atoms with Crippen molar-refractivity contribution in [2.24, 2.45) is 5.92 Å². The normalized spacial score (nSPS) is 16.4. The summed E-state index contributed by atoms with van der Waals surface area (Å²) < 4.78 is 16.2. The molecule has 166 valence electrons. The molecule has 2 rings (SSSR count). The van der Waals surface area contributed by atoms with Gasteiger partial charge in [-0.3, -0.25) is 4.79 Å². The number of aliphatic hydroxyl groups excluding tert-OH is 1. The second-order valence-electron chi connectivity index (χ2n) is 7.62. The molecule has 0 aromatic heterocycles. The highest BCUT2D eigenvalue weighted by Crippen LogP contribution is 2.27. The van der Waals surface area contributed by atoms with Gasteiger partial charge in [0.15, 0.2) is 0 Å². The fourth-order valence-electron chi connectivity index (χ4n) is 3.80. The Morgan fingerprint density at radius 1 is 1.10 bits per heavy atom. The molecule has 1 aliphatic carbocycles. The van der Waals surface area contributed by atoms with Crippen molar-refractivity contribution in [2.75, 3.05) is 40.5 Å². The minimum atomic E-state index is -0.600. The molecular formula is C22H36ClNO5. The lowest BCUT2D eigenvalue weighted by atomic mass is 9.85. The van der Waals surface area contributed by atoms with Gasteiger partial charge in [-0.25, -0.2) is 0 Å². The number of hydrogen-bond donors (Lipinski definition) is 2. The van der Waals surface area contributed by atoms with Crippen LogP contribution in [-0.2, 0) is 4.79 Å². The lowest BCUT2D eigenvalue weighted by Gasteiger charge is -2.23. The first-order chi connectivity index (χ1) is 13.5. The zero-order valence-electron chi connectivity index (χ0n) is 17.9. The fraction of sp³-hybridized carbons (Fsp3) is 0.682. The van der Waals surface area contributed by atoms with Crippen molar-refractivity contribution in [3.8, 4) is 17.2 Å². The molecule has 6 nitrogen and oxygen atoms in total. The molecule has 2 atom stereocenters. The number of benzene rings is 1. The van der Waals surface area contributed by atoms with Crippen LogP contribution in [0.4, 0.5) is 0 Å². The third-order valence-electron chi connectivity index (χ3n) is 5.58. The number of Topliss-reactive ketones (excluding diaryl/α,β-unsaturated/α-hetero) is 1. The molecule has 7 heteroatoms. The molecule has 0 radical (unpaired) electrons. The monoisotopic (exact) mass is 429 g/mol. The zero-order chi connectivity index (χ0) is 20.4. The summed E-state index contributed by atoms with van der Waals surface area (Å²) in [7, 11) is 3.18. The number of aliphatic hydroxyl groups is 1. The summed E-state index contributed by atoms with van der Waals surface area (Å²) >= 11 is 0. The van der Waals surface area contributed by atoms with Crippen molar-refractivity contribution in [1.82, 2.24) is 0 Å². The van der Waals surface area contributed by atoms with Crippen LogP contribution in [0, 0.1) is 5.92 Å². The van der Waals surface area contributed by atoms with Gasteiger partial charge in [-0.1, -0.05) is 19.3 Å². The zero-order valence-corrected chi connectivity index (χ0v) is 18.7. The van der Waals surface area contributed by atoms with E-state index in [1.165, 1.54) is 24.2 Å². The lowest BCUT2D eigenvalue weighted by molar-refractivity contribution is -0.900. The molecule has 0 aliphatic heterocycles. The molecule has 1 aliphatic rings. The van der Waals surface area contributed by atoms with Crippen LogP contribution in [0.2, 0.25) is 0 Å². The van der Waals surface area contributed by atoms with E-state index in [1.54, 1.807) is 32.4 Å². The first kappa shape index (κ1) is 25.5. The van der Waals surface area contributed by atoms with E-state index < -0.39 is 6.10 Å². The number of halogens is 1. The van der Waals surface area contributed by atoms with E-state index in [0.29, 0.717) is 36.0 Å². The van der Waals surface area contributed by atoms with E-state index in [9.17, 15) is 9.90 Å². The Morgan fingerprint density at radius 2 is 1.69 bits per heavy atom. The van der Waals surface area contributed by atoms with Crippen LogP contribution in [0.15, 0.2) is 18.2 Å². The third kappa shape index (κ3) is 8.81. The highest BCUT2D eigenvalue weighted by molar-refractivity contribution is 5.81. The Balaban J connectivity index is 0.00000420. The van der Waals surface area contributed by atoms with Gasteiger partial charge in [-0.2, -0.15) is 0 Å². The Bertz CT molecular complexity index is 585. The van der Waals surface area contributed by atoms with Crippen molar-refractivity contribution in [1.29, 1.82) is 0 Å². The van der Waals surface area contributed by atoms with Gasteiger partial charge in [-0.05, 0) is 19.8 Å². The lowest BCUT2D eigenvalue weighted by Crippen LogP contribution is -3.13. The van der Waals surface area contributed by atoms with Crippen molar-refractivity contribution in [3.05, 3.63) is 18.2 Å². The van der Waals surface area contributed by atoms with Gasteiger partial charge in [0.2, 0.25) is 0 Å². The van der Waals surface area contributed by atoms with Crippen LogP contribution in [0.25, 0.3) is 0 Å². The van der Waals surface area contributed by atoms with Crippen LogP contribution in [0.1, 0.15) is 45.4 Å². The highest BCUT2D eigenvalue weighted by Gasteiger charge is 2.23. The molecule has 0 bridgehead atoms. The quantitative estimate of drug-likeness (QED) is 0.441. The standard InChI is InChI=1S/C22H35NO5.ClH/c1-4-23(11-10-22(25)17-8-6-5-7-9-17)15-18(24)16-28-21-13-19(26-2)12-20(14-21)27-3;/h12-14,17-18,24H,4-11,15-16H2,1-3H3;1H. The van der Waals surface area contributed by atoms with Gasteiger partial charge >= 0.3 is 0 Å². The number of nitrogens with one attached hydrogen (secondary N) is 1. The molecule has 2 unspecified atom stereocenters. The maximum absolute atomic E-state index is 12.4. The van der Waals surface area contributed by atoms with Gasteiger partial charge < -0.3 is 36.6 Å². The largest absolute Gasteiger partial charge is 1.00 e. The molecule has 0 amide bonds. The molecule has 29 heavy (non-hydrogen) atoms. The summed E-state index contributed by atoms with van der Waals surface area (Å²) in [5, 5.41) is 10.4. The minimum absolute atomic E-state index is 0. The number of carbonyl (C=O) groups excluding carboxylic acids is 1. The van der Waals surface area contributed by atoms with E-state index in [1.807, 2.05) is 0 Å². The van der Waals surface area contributed by atoms with Gasteiger partial charge in [0.05, 0.1) is 33.7 Å². The molecular weight excluding hydrogens is 394 g/mol. The van der Waals surface area contributed by atoms with Crippen LogP contribution < -0.4 is 31.5 Å². The topological polar surface area (TPSA) is 69.4 Å². The first-order valence-electron chi connectivity index (χ1n) is 10.5. The molecule has 1 aromatic rings. The minimum Gasteiger partial charge on any atom is -1.00 e. The van der Waals surface area contributed by atoms with Gasteiger partial charge in [0, 0.05) is 24.1 Å². The fourth-order valence-corrected chi connectivity index (χ4v) is 3.80. The number of hydrogen-bond acceptors (Lipinski definition) is 5. The average molecular weight is 430 g/mol. The molecule has 0 spiro atoms. The number of ketones is 1. The Morgan fingerprint density at radius 3 is 2.24 bits per heavy atom. The van der Waals surface area contributed by atoms with E-state index in [0.717, 1.165) is 25.9 Å². The Kier molecular flexibility index (Phi) is 12.0. The van der Waals surface area contributed by atoms with E-state index in [4.69, 9.17) is 14.2 Å². The molecule has 0 heterocycles. The number of likely N-dealkylation sites (N-methyl/N-ethyl adjacent to an activating group) is 1. The number of rotatable bonds is 12. The summed E-state index contributed by atoms with van der Waals surface area (Å²) in [6.07, 6.45) is 5.76. The number of methoxy groups -OCH3 is 2. The second-order valence-corrected chi connectivity index (χ2v) is 7.62. The van der Waals surface area contributed by atoms with Crippen molar-refractivity contribution < 1.29 is 41.4 Å².